The molecule has 0 amide bonds. The fourth-order valence-corrected chi connectivity index (χ4v) is 1.13. The highest BCUT2D eigenvalue weighted by molar-refractivity contribution is 5.85. The maximum Gasteiger partial charge on any atom is 0.311 e. The molecule has 15 heavy (non-hydrogen) atoms. The molecule has 1 rings (SSSR count). The molecule has 0 unspecified atom stereocenters. The van der Waals surface area contributed by atoms with E-state index >= 15 is 0 Å². The van der Waals surface area contributed by atoms with E-state index in [4.69, 9.17) is 10.5 Å². The highest BCUT2D eigenvalue weighted by Gasteiger charge is 2.15. The monoisotopic (exact) mass is 232 g/mol. The van der Waals surface area contributed by atoms with Gasteiger partial charge in [0.2, 0.25) is 0 Å². The zero-order valence-corrected chi connectivity index (χ0v) is 9.28. The van der Waals surface area contributed by atoms with Crippen LogP contribution in [0.5, 0.6) is 5.75 Å². The number of hydrogen-bond donors (Lipinski definition) is 1. The quantitative estimate of drug-likeness (QED) is 0.639. The molecule has 0 saturated heterocycles. The number of ether oxygens (including phenoxy) is 1. The van der Waals surface area contributed by atoms with Gasteiger partial charge in [0.25, 0.3) is 0 Å². The van der Waals surface area contributed by atoms with Gasteiger partial charge in [0.05, 0.1) is 12.0 Å². The molecule has 0 aliphatic carbocycles. The van der Waals surface area contributed by atoms with Crippen LogP contribution < -0.4 is 10.5 Å². The summed E-state index contributed by atoms with van der Waals surface area (Å²) < 4.78 is 4.86. The number of benzene rings is 1. The van der Waals surface area contributed by atoms with Crippen molar-refractivity contribution in [1.29, 1.82) is 0 Å². The van der Waals surface area contributed by atoms with Gasteiger partial charge in [0.15, 0.2) is 5.75 Å². The molecule has 84 valence electrons. The van der Waals surface area contributed by atoms with Gasteiger partial charge in [-0.2, -0.15) is 0 Å². The molecule has 1 aromatic carbocycles. The van der Waals surface area contributed by atoms with Gasteiger partial charge in [-0.3, -0.25) is 10.1 Å². The highest BCUT2D eigenvalue weighted by atomic mass is 35.5. The van der Waals surface area contributed by atoms with Crippen molar-refractivity contribution in [1.82, 2.24) is 0 Å². The Labute approximate surface area is 93.8 Å². The van der Waals surface area contributed by atoms with Crippen molar-refractivity contribution in [2.24, 2.45) is 5.73 Å². The van der Waals surface area contributed by atoms with Crippen molar-refractivity contribution in [2.75, 3.05) is 7.11 Å². The first kappa shape index (κ1) is 13.7. The molecule has 0 fully saturated rings. The lowest BCUT2D eigenvalue weighted by molar-refractivity contribution is -0.385. The molecule has 0 spiro atoms. The normalized spacial score (nSPS) is 11.4. The summed E-state index contributed by atoms with van der Waals surface area (Å²) in [6, 6.07) is 4.48. The van der Waals surface area contributed by atoms with Gasteiger partial charge in [-0.15, -0.1) is 12.4 Å². The molecule has 1 aromatic rings. The van der Waals surface area contributed by atoms with Gasteiger partial charge in [-0.1, -0.05) is 6.07 Å². The van der Waals surface area contributed by atoms with Crippen LogP contribution in [0.1, 0.15) is 18.5 Å². The molecule has 6 heteroatoms. The summed E-state index contributed by atoms with van der Waals surface area (Å²) in [7, 11) is 1.40. The molecular weight excluding hydrogens is 220 g/mol. The predicted molar refractivity (Wildman–Crippen MR) is 59.5 cm³/mol. The van der Waals surface area contributed by atoms with Gasteiger partial charge in [-0.05, 0) is 18.6 Å². The highest BCUT2D eigenvalue weighted by Crippen LogP contribution is 2.28. The smallest absolute Gasteiger partial charge is 0.311 e. The zero-order valence-electron chi connectivity index (χ0n) is 8.47. The molecular formula is C9H13ClN2O3. The molecule has 0 radical (unpaired) electrons. The summed E-state index contributed by atoms with van der Waals surface area (Å²) in [5.74, 6) is 0.249. The van der Waals surface area contributed by atoms with Crippen molar-refractivity contribution >= 4 is 18.1 Å². The van der Waals surface area contributed by atoms with Gasteiger partial charge >= 0.3 is 5.69 Å². The van der Waals surface area contributed by atoms with Crippen LogP contribution in [-0.2, 0) is 0 Å². The van der Waals surface area contributed by atoms with E-state index in [0.29, 0.717) is 0 Å². The van der Waals surface area contributed by atoms with Gasteiger partial charge in [0.1, 0.15) is 0 Å². The average molecular weight is 233 g/mol. The van der Waals surface area contributed by atoms with E-state index in [1.807, 2.05) is 0 Å². The average Bonchev–Trinajstić information content (AvgIpc) is 2.16. The predicted octanol–water partition coefficient (Wildman–Crippen LogP) is 2.04. The molecule has 0 heterocycles. The first-order chi connectivity index (χ1) is 6.56. The van der Waals surface area contributed by atoms with E-state index in [1.165, 1.54) is 13.2 Å². The Morgan fingerprint density at radius 2 is 2.13 bits per heavy atom. The minimum atomic E-state index is -0.481. The summed E-state index contributed by atoms with van der Waals surface area (Å²) >= 11 is 0. The Bertz CT molecular complexity index is 355. The Morgan fingerprint density at radius 3 is 2.53 bits per heavy atom. The maximum absolute atomic E-state index is 10.6. The molecule has 5 nitrogen and oxygen atoms in total. The van der Waals surface area contributed by atoms with Gasteiger partial charge in [0, 0.05) is 12.1 Å². The lowest BCUT2D eigenvalue weighted by atomic mass is 10.1. The van der Waals surface area contributed by atoms with Crippen molar-refractivity contribution in [2.45, 2.75) is 13.0 Å². The van der Waals surface area contributed by atoms with Crippen LogP contribution in [0.4, 0.5) is 5.69 Å². The Balaban J connectivity index is 0.00000196. The summed E-state index contributed by atoms with van der Waals surface area (Å²) in [5.41, 5.74) is 6.28. The summed E-state index contributed by atoms with van der Waals surface area (Å²) in [4.78, 5) is 10.2. The fourth-order valence-electron chi connectivity index (χ4n) is 1.13. The standard InChI is InChI=1S/C9H12N2O3.ClH/c1-6(10)7-3-4-9(14-2)8(5-7)11(12)13;/h3-6H,10H2,1-2H3;1H/t6-;/m0./s1. The van der Waals surface area contributed by atoms with E-state index < -0.39 is 4.92 Å². The first-order valence-electron chi connectivity index (χ1n) is 4.14. The molecule has 0 aliphatic heterocycles. The summed E-state index contributed by atoms with van der Waals surface area (Å²) in [6.45, 7) is 1.77. The van der Waals surface area contributed by atoms with Crippen LogP contribution in [0.25, 0.3) is 0 Å². The molecule has 0 bridgehead atoms. The summed E-state index contributed by atoms with van der Waals surface area (Å²) in [5, 5.41) is 10.6. The van der Waals surface area contributed by atoms with Crippen molar-refractivity contribution in [3.8, 4) is 5.75 Å². The van der Waals surface area contributed by atoms with Crippen LogP contribution in [0.2, 0.25) is 0 Å². The second kappa shape index (κ2) is 5.53. The minimum Gasteiger partial charge on any atom is -0.490 e. The van der Waals surface area contributed by atoms with Crippen LogP contribution >= 0.6 is 12.4 Å². The van der Waals surface area contributed by atoms with E-state index in [-0.39, 0.29) is 29.9 Å². The third kappa shape index (κ3) is 3.07. The molecule has 2 N–H and O–H groups in total. The van der Waals surface area contributed by atoms with E-state index in [2.05, 4.69) is 0 Å². The zero-order chi connectivity index (χ0) is 10.7. The lowest BCUT2D eigenvalue weighted by Gasteiger charge is -2.07. The third-order valence-corrected chi connectivity index (χ3v) is 1.93. The first-order valence-corrected chi connectivity index (χ1v) is 4.14. The van der Waals surface area contributed by atoms with Crippen LogP contribution in [0.15, 0.2) is 18.2 Å². The third-order valence-electron chi connectivity index (χ3n) is 1.93. The van der Waals surface area contributed by atoms with E-state index in [1.54, 1.807) is 19.1 Å². The molecule has 0 aromatic heterocycles. The number of nitrogens with zero attached hydrogens (tertiary/aromatic N) is 1. The molecule has 0 saturated carbocycles. The van der Waals surface area contributed by atoms with E-state index in [0.717, 1.165) is 5.56 Å². The number of nitrogens with two attached hydrogens (primary N) is 1. The van der Waals surface area contributed by atoms with Crippen LogP contribution in [0, 0.1) is 10.1 Å². The number of nitro groups is 1. The fraction of sp³-hybridized carbons (Fsp3) is 0.333. The number of nitro benzene ring substituents is 1. The number of methoxy groups -OCH3 is 1. The Kier molecular flexibility index (Phi) is 5.04. The Hall–Kier alpha value is -1.33. The van der Waals surface area contributed by atoms with Crippen LogP contribution in [-0.4, -0.2) is 12.0 Å². The van der Waals surface area contributed by atoms with Crippen molar-refractivity contribution in [3.63, 3.8) is 0 Å². The Morgan fingerprint density at radius 1 is 1.53 bits per heavy atom. The second-order valence-corrected chi connectivity index (χ2v) is 2.98. The van der Waals surface area contributed by atoms with Crippen LogP contribution in [0.3, 0.4) is 0 Å². The second-order valence-electron chi connectivity index (χ2n) is 2.98. The molecule has 0 aliphatic rings. The van der Waals surface area contributed by atoms with Gasteiger partial charge in [-0.25, -0.2) is 0 Å². The van der Waals surface area contributed by atoms with Crippen molar-refractivity contribution < 1.29 is 9.66 Å². The SMILES string of the molecule is COc1ccc([C@H](C)N)cc1[N+](=O)[O-].Cl. The molecule has 1 atom stereocenters. The minimum absolute atomic E-state index is 0. The number of hydrogen-bond acceptors (Lipinski definition) is 4. The van der Waals surface area contributed by atoms with E-state index in [9.17, 15) is 10.1 Å². The van der Waals surface area contributed by atoms with Gasteiger partial charge < -0.3 is 10.5 Å². The topological polar surface area (TPSA) is 78.4 Å². The maximum atomic E-state index is 10.6. The largest absolute Gasteiger partial charge is 0.490 e. The summed E-state index contributed by atoms with van der Waals surface area (Å²) in [6.07, 6.45) is 0. The number of rotatable bonds is 3. The lowest BCUT2D eigenvalue weighted by Crippen LogP contribution is -2.05. The number of halogens is 1. The van der Waals surface area contributed by atoms with Crippen molar-refractivity contribution in [3.05, 3.63) is 33.9 Å².